The Balaban J connectivity index is 2.06. The highest BCUT2D eigenvalue weighted by atomic mass is 35.5. The van der Waals surface area contributed by atoms with E-state index in [0.29, 0.717) is 23.4 Å². The van der Waals surface area contributed by atoms with Crippen LogP contribution in [-0.4, -0.2) is 25.1 Å². The molecule has 1 unspecified atom stereocenters. The van der Waals surface area contributed by atoms with E-state index >= 15 is 0 Å². The zero-order valence-electron chi connectivity index (χ0n) is 11.2. The molecule has 0 radical (unpaired) electrons. The van der Waals surface area contributed by atoms with Crippen LogP contribution in [0.15, 0.2) is 18.2 Å². The van der Waals surface area contributed by atoms with E-state index in [0.717, 1.165) is 5.56 Å². The number of nitrogens with one attached hydrogen (secondary N) is 2. The third kappa shape index (κ3) is 4.11. The largest absolute Gasteiger partial charge is 0.481 e. The molecule has 1 aliphatic rings. The summed E-state index contributed by atoms with van der Waals surface area (Å²) in [7, 11) is 1.60. The number of carbonyl (C=O) groups excluding carboxylic acids is 1. The molecule has 1 aliphatic carbocycles. The predicted molar refractivity (Wildman–Crippen MR) is 75.5 cm³/mol. The summed E-state index contributed by atoms with van der Waals surface area (Å²) in [6, 6.07) is 6.07. The predicted octanol–water partition coefficient (Wildman–Crippen LogP) is 2.11. The number of benzene rings is 1. The molecule has 4 nitrogen and oxygen atoms in total. The first-order valence-electron chi connectivity index (χ1n) is 6.50. The fourth-order valence-corrected chi connectivity index (χ4v) is 1.98. The second-order valence-corrected chi connectivity index (χ2v) is 5.22. The second-order valence-electron chi connectivity index (χ2n) is 4.78. The molecule has 0 spiro atoms. The van der Waals surface area contributed by atoms with Crippen molar-refractivity contribution in [3.8, 4) is 5.75 Å². The molecule has 19 heavy (non-hydrogen) atoms. The van der Waals surface area contributed by atoms with Gasteiger partial charge in [0, 0.05) is 30.2 Å². The smallest absolute Gasteiger partial charge is 0.260 e. The van der Waals surface area contributed by atoms with Gasteiger partial charge in [0.05, 0.1) is 0 Å². The summed E-state index contributed by atoms with van der Waals surface area (Å²) in [5.41, 5.74) is 0.982. The molecule has 104 valence electrons. The zero-order valence-corrected chi connectivity index (χ0v) is 12.0. The van der Waals surface area contributed by atoms with Crippen LogP contribution in [0.3, 0.4) is 0 Å². The summed E-state index contributed by atoms with van der Waals surface area (Å²) >= 11 is 6.01. The topological polar surface area (TPSA) is 50.4 Å². The van der Waals surface area contributed by atoms with Gasteiger partial charge in [-0.3, -0.25) is 4.79 Å². The van der Waals surface area contributed by atoms with Gasteiger partial charge in [-0.1, -0.05) is 11.6 Å². The van der Waals surface area contributed by atoms with Crippen LogP contribution in [0, 0.1) is 0 Å². The Hall–Kier alpha value is -1.26. The maximum atomic E-state index is 11.5. The Morgan fingerprint density at radius 1 is 1.53 bits per heavy atom. The SMILES string of the molecule is CNC(=O)C(C)Oc1ccc(Cl)cc1CNC1CC1. The average molecular weight is 283 g/mol. The Morgan fingerprint density at radius 3 is 2.89 bits per heavy atom. The number of carbonyl (C=O) groups is 1. The fourth-order valence-electron chi connectivity index (χ4n) is 1.79. The van der Waals surface area contributed by atoms with Crippen molar-refractivity contribution in [3.63, 3.8) is 0 Å². The van der Waals surface area contributed by atoms with Gasteiger partial charge in [0.2, 0.25) is 0 Å². The van der Waals surface area contributed by atoms with E-state index in [2.05, 4.69) is 10.6 Å². The van der Waals surface area contributed by atoms with E-state index in [4.69, 9.17) is 16.3 Å². The van der Waals surface area contributed by atoms with Crippen LogP contribution in [0.5, 0.6) is 5.75 Å². The highest BCUT2D eigenvalue weighted by Gasteiger charge is 2.21. The van der Waals surface area contributed by atoms with Crippen molar-refractivity contribution in [1.29, 1.82) is 0 Å². The summed E-state index contributed by atoms with van der Waals surface area (Å²) < 4.78 is 5.70. The molecule has 1 atom stereocenters. The molecule has 1 saturated carbocycles. The van der Waals surface area contributed by atoms with Crippen molar-refractivity contribution in [2.45, 2.75) is 38.5 Å². The molecular weight excluding hydrogens is 264 g/mol. The van der Waals surface area contributed by atoms with Gasteiger partial charge in [0.15, 0.2) is 6.10 Å². The Morgan fingerprint density at radius 2 is 2.26 bits per heavy atom. The van der Waals surface area contributed by atoms with Crippen LogP contribution in [0.4, 0.5) is 0 Å². The number of ether oxygens (including phenoxy) is 1. The first kappa shape index (κ1) is 14.2. The minimum atomic E-state index is -0.522. The van der Waals surface area contributed by atoms with Crippen molar-refractivity contribution in [1.82, 2.24) is 10.6 Å². The maximum absolute atomic E-state index is 11.5. The van der Waals surface area contributed by atoms with Crippen LogP contribution < -0.4 is 15.4 Å². The summed E-state index contributed by atoms with van der Waals surface area (Å²) in [6.45, 7) is 2.44. The highest BCUT2D eigenvalue weighted by molar-refractivity contribution is 6.30. The maximum Gasteiger partial charge on any atom is 0.260 e. The molecule has 0 aromatic heterocycles. The molecule has 1 amide bonds. The molecule has 2 N–H and O–H groups in total. The second kappa shape index (κ2) is 6.26. The van der Waals surface area contributed by atoms with Crippen LogP contribution in [0.1, 0.15) is 25.3 Å². The minimum absolute atomic E-state index is 0.143. The Labute approximate surface area is 118 Å². The molecule has 1 fully saturated rings. The summed E-state index contributed by atoms with van der Waals surface area (Å²) in [5.74, 6) is 0.560. The summed E-state index contributed by atoms with van der Waals surface area (Å²) in [4.78, 5) is 11.5. The molecule has 5 heteroatoms. The molecule has 1 aromatic carbocycles. The van der Waals surface area contributed by atoms with Crippen molar-refractivity contribution >= 4 is 17.5 Å². The van der Waals surface area contributed by atoms with Gasteiger partial charge in [-0.2, -0.15) is 0 Å². The molecule has 2 rings (SSSR count). The van der Waals surface area contributed by atoms with E-state index < -0.39 is 6.10 Å². The van der Waals surface area contributed by atoms with E-state index in [-0.39, 0.29) is 5.91 Å². The van der Waals surface area contributed by atoms with Gasteiger partial charge in [-0.15, -0.1) is 0 Å². The first-order chi connectivity index (χ1) is 9.10. The fraction of sp³-hybridized carbons (Fsp3) is 0.500. The Kier molecular flexibility index (Phi) is 4.66. The lowest BCUT2D eigenvalue weighted by Gasteiger charge is -2.17. The molecule has 0 aliphatic heterocycles. The lowest BCUT2D eigenvalue weighted by Crippen LogP contribution is -2.34. The average Bonchev–Trinajstić information content (AvgIpc) is 3.22. The van der Waals surface area contributed by atoms with Crippen molar-refractivity contribution in [2.75, 3.05) is 7.05 Å². The standard InChI is InChI=1S/C14H19ClN2O2/c1-9(14(18)16-2)19-13-6-3-11(15)7-10(13)8-17-12-4-5-12/h3,6-7,9,12,17H,4-5,8H2,1-2H3,(H,16,18). The van der Waals surface area contributed by atoms with E-state index in [9.17, 15) is 4.79 Å². The monoisotopic (exact) mass is 282 g/mol. The van der Waals surface area contributed by atoms with Crippen LogP contribution in [-0.2, 0) is 11.3 Å². The number of amides is 1. The van der Waals surface area contributed by atoms with Crippen LogP contribution in [0.25, 0.3) is 0 Å². The number of hydrogen-bond donors (Lipinski definition) is 2. The lowest BCUT2D eigenvalue weighted by molar-refractivity contribution is -0.126. The molecule has 0 saturated heterocycles. The molecule has 0 bridgehead atoms. The van der Waals surface area contributed by atoms with E-state index in [1.54, 1.807) is 20.0 Å². The van der Waals surface area contributed by atoms with Gasteiger partial charge in [-0.05, 0) is 38.0 Å². The van der Waals surface area contributed by atoms with E-state index in [1.165, 1.54) is 12.8 Å². The van der Waals surface area contributed by atoms with Crippen molar-refractivity contribution in [2.24, 2.45) is 0 Å². The number of hydrogen-bond acceptors (Lipinski definition) is 3. The quantitative estimate of drug-likeness (QED) is 0.840. The minimum Gasteiger partial charge on any atom is -0.481 e. The summed E-state index contributed by atoms with van der Waals surface area (Å²) in [6.07, 6.45) is 1.93. The Bertz CT molecular complexity index is 461. The zero-order chi connectivity index (χ0) is 13.8. The van der Waals surface area contributed by atoms with Crippen molar-refractivity contribution < 1.29 is 9.53 Å². The summed E-state index contributed by atoms with van der Waals surface area (Å²) in [5, 5.41) is 6.66. The molecular formula is C14H19ClN2O2. The number of likely N-dealkylation sites (N-methyl/N-ethyl adjacent to an activating group) is 1. The van der Waals surface area contributed by atoms with E-state index in [1.807, 2.05) is 12.1 Å². The van der Waals surface area contributed by atoms with Crippen LogP contribution >= 0.6 is 11.6 Å². The normalized spacial score (nSPS) is 15.9. The van der Waals surface area contributed by atoms with Gasteiger partial charge in [0.1, 0.15) is 5.75 Å². The lowest BCUT2D eigenvalue weighted by atomic mass is 10.2. The number of halogens is 1. The molecule has 0 heterocycles. The van der Waals surface area contributed by atoms with Gasteiger partial charge in [-0.25, -0.2) is 0 Å². The highest BCUT2D eigenvalue weighted by Crippen LogP contribution is 2.26. The third-order valence-electron chi connectivity index (χ3n) is 3.10. The first-order valence-corrected chi connectivity index (χ1v) is 6.88. The van der Waals surface area contributed by atoms with Gasteiger partial charge < -0.3 is 15.4 Å². The van der Waals surface area contributed by atoms with Gasteiger partial charge >= 0.3 is 0 Å². The number of rotatable bonds is 6. The van der Waals surface area contributed by atoms with Crippen LogP contribution in [0.2, 0.25) is 5.02 Å². The van der Waals surface area contributed by atoms with Crippen molar-refractivity contribution in [3.05, 3.63) is 28.8 Å². The van der Waals surface area contributed by atoms with Gasteiger partial charge in [0.25, 0.3) is 5.91 Å². The molecule has 1 aromatic rings. The third-order valence-corrected chi connectivity index (χ3v) is 3.34.